The molecule has 0 aromatic carbocycles. The Morgan fingerprint density at radius 2 is 0.333 bits per heavy atom. The summed E-state index contributed by atoms with van der Waals surface area (Å²) in [6.07, 6.45) is 7.50. The van der Waals surface area contributed by atoms with Crippen molar-refractivity contribution in [2.75, 3.05) is 0 Å². The van der Waals surface area contributed by atoms with E-state index in [4.69, 9.17) is 0 Å². The zero-order valence-corrected chi connectivity index (χ0v) is 13.5. The largest absolute Gasteiger partial charge is 0.0776 e. The molecular formula is C18H52. The van der Waals surface area contributed by atoms with Crippen molar-refractivity contribution in [3.63, 3.8) is 0 Å². The molecule has 1 rings (SSSR count). The van der Waals surface area contributed by atoms with Crippen LogP contribution in [0.25, 0.3) is 0 Å². The molecule has 0 heteroatoms. The van der Waals surface area contributed by atoms with Gasteiger partial charge in [0.25, 0.3) is 0 Å². The summed E-state index contributed by atoms with van der Waals surface area (Å²) in [5, 5.41) is 0. The van der Waals surface area contributed by atoms with Crippen molar-refractivity contribution in [2.45, 2.75) is 124 Å². The zero-order valence-electron chi connectivity index (χ0n) is 13.5. The summed E-state index contributed by atoms with van der Waals surface area (Å²) in [7, 11) is 0. The highest BCUT2D eigenvalue weighted by Gasteiger charge is 1.95. The molecule has 124 valence electrons. The van der Waals surface area contributed by atoms with Crippen LogP contribution in [0.5, 0.6) is 0 Å². The van der Waals surface area contributed by atoms with E-state index in [2.05, 4.69) is 0 Å². The van der Waals surface area contributed by atoms with Crippen molar-refractivity contribution in [2.24, 2.45) is 0 Å². The second-order valence-corrected chi connectivity index (χ2v) is 1.77. The Morgan fingerprint density at radius 3 is 0.389 bits per heavy atom. The lowest BCUT2D eigenvalue weighted by Gasteiger charge is -1.67. The highest BCUT2D eigenvalue weighted by molar-refractivity contribution is 4.51. The van der Waals surface area contributed by atoms with Crippen molar-refractivity contribution in [1.29, 1.82) is 0 Å². The van der Waals surface area contributed by atoms with E-state index in [-0.39, 0.29) is 22.3 Å². The standard InChI is InChI=1S/C5H10.5C2H6.3CH4/c1-2-4-5-3-1;5*1-2;;;/h1-5H2;5*1-2H3;3*1H4. The summed E-state index contributed by atoms with van der Waals surface area (Å²) in [6.45, 7) is 20.0. The van der Waals surface area contributed by atoms with Gasteiger partial charge in [-0.3, -0.25) is 0 Å². The molecule has 18 heavy (non-hydrogen) atoms. The third-order valence-electron chi connectivity index (χ3n) is 1.25. The maximum absolute atomic E-state index is 2.00. The molecule has 0 aromatic heterocycles. The van der Waals surface area contributed by atoms with Crippen LogP contribution in [0.1, 0.15) is 124 Å². The van der Waals surface area contributed by atoms with E-state index < -0.39 is 0 Å². The molecule has 0 saturated heterocycles. The van der Waals surface area contributed by atoms with Crippen LogP contribution < -0.4 is 0 Å². The van der Waals surface area contributed by atoms with Crippen molar-refractivity contribution in [3.05, 3.63) is 0 Å². The third-order valence-corrected chi connectivity index (χ3v) is 1.25. The summed E-state index contributed by atoms with van der Waals surface area (Å²) >= 11 is 0. The lowest BCUT2D eigenvalue weighted by atomic mass is 10.4. The van der Waals surface area contributed by atoms with Crippen molar-refractivity contribution < 1.29 is 0 Å². The van der Waals surface area contributed by atoms with E-state index >= 15 is 0 Å². The van der Waals surface area contributed by atoms with Crippen LogP contribution in [0.3, 0.4) is 0 Å². The molecule has 1 saturated carbocycles. The fourth-order valence-corrected chi connectivity index (χ4v) is 0.884. The predicted molar refractivity (Wildman–Crippen MR) is 100 cm³/mol. The molecular weight excluding hydrogens is 216 g/mol. The molecule has 0 aromatic rings. The fourth-order valence-electron chi connectivity index (χ4n) is 0.884. The van der Waals surface area contributed by atoms with Crippen LogP contribution >= 0.6 is 0 Å². The Hall–Kier alpha value is 0. The van der Waals surface area contributed by atoms with Crippen molar-refractivity contribution in [3.8, 4) is 0 Å². The van der Waals surface area contributed by atoms with Gasteiger partial charge in [-0.2, -0.15) is 0 Å². The van der Waals surface area contributed by atoms with E-state index in [0.29, 0.717) is 0 Å². The monoisotopic (exact) mass is 268 g/mol. The van der Waals surface area contributed by atoms with Crippen LogP contribution in [-0.4, -0.2) is 0 Å². The average molecular weight is 269 g/mol. The summed E-state index contributed by atoms with van der Waals surface area (Å²) in [6, 6.07) is 0. The highest BCUT2D eigenvalue weighted by Crippen LogP contribution is 2.15. The second-order valence-electron chi connectivity index (χ2n) is 1.77. The van der Waals surface area contributed by atoms with Gasteiger partial charge in [0.15, 0.2) is 0 Å². The minimum atomic E-state index is 0. The van der Waals surface area contributed by atoms with Crippen molar-refractivity contribution in [1.82, 2.24) is 0 Å². The Labute approximate surface area is 124 Å². The topological polar surface area (TPSA) is 0 Å². The molecule has 0 bridgehead atoms. The van der Waals surface area contributed by atoms with Gasteiger partial charge in [-0.25, -0.2) is 0 Å². The number of hydrogen-bond donors (Lipinski definition) is 0. The van der Waals surface area contributed by atoms with Gasteiger partial charge in [0, 0.05) is 0 Å². The molecule has 1 aliphatic carbocycles. The summed E-state index contributed by atoms with van der Waals surface area (Å²) in [4.78, 5) is 0. The number of rotatable bonds is 0. The summed E-state index contributed by atoms with van der Waals surface area (Å²) < 4.78 is 0. The molecule has 0 radical (unpaired) electrons. The molecule has 0 atom stereocenters. The van der Waals surface area contributed by atoms with E-state index in [1.807, 2.05) is 69.2 Å². The molecule has 1 aliphatic rings. The van der Waals surface area contributed by atoms with Gasteiger partial charge in [0.2, 0.25) is 0 Å². The van der Waals surface area contributed by atoms with Gasteiger partial charge in [-0.1, -0.05) is 124 Å². The summed E-state index contributed by atoms with van der Waals surface area (Å²) in [5.74, 6) is 0. The van der Waals surface area contributed by atoms with Crippen molar-refractivity contribution >= 4 is 0 Å². The maximum Gasteiger partial charge on any atom is -0.0533 e. The number of hydrogen-bond acceptors (Lipinski definition) is 0. The van der Waals surface area contributed by atoms with Gasteiger partial charge < -0.3 is 0 Å². The molecule has 0 heterocycles. The van der Waals surface area contributed by atoms with E-state index in [0.717, 1.165) is 0 Å². The first-order chi connectivity index (χ1) is 7.50. The molecule has 0 aliphatic heterocycles. The van der Waals surface area contributed by atoms with Crippen LogP contribution in [0.15, 0.2) is 0 Å². The molecule has 0 N–H and O–H groups in total. The summed E-state index contributed by atoms with van der Waals surface area (Å²) in [5.41, 5.74) is 0. The molecule has 0 nitrogen and oxygen atoms in total. The second kappa shape index (κ2) is 174. The van der Waals surface area contributed by atoms with Crippen LogP contribution in [0, 0.1) is 0 Å². The lowest BCUT2D eigenvalue weighted by Crippen LogP contribution is -1.47. The molecule has 0 spiro atoms. The third kappa shape index (κ3) is 144. The SMILES string of the molecule is C.C.C.C1CCCC1.CC.CC.CC.CC.CC. The predicted octanol–water partition coefficient (Wildman–Crippen LogP) is 8.99. The molecule has 0 unspecified atom stereocenters. The van der Waals surface area contributed by atoms with Crippen LogP contribution in [-0.2, 0) is 0 Å². The van der Waals surface area contributed by atoms with Crippen LogP contribution in [0.2, 0.25) is 0 Å². The van der Waals surface area contributed by atoms with E-state index in [1.54, 1.807) is 0 Å². The average Bonchev–Trinajstić information content (AvgIpc) is 3.00. The van der Waals surface area contributed by atoms with Gasteiger partial charge in [-0.05, 0) is 0 Å². The Kier molecular flexibility index (Phi) is 503. The molecule has 1 fully saturated rings. The lowest BCUT2D eigenvalue weighted by molar-refractivity contribution is 0.886. The minimum Gasteiger partial charge on any atom is -0.0776 e. The highest BCUT2D eigenvalue weighted by atomic mass is 14.0. The first-order valence-corrected chi connectivity index (χ1v) is 7.50. The quantitative estimate of drug-likeness (QED) is 0.411. The zero-order chi connectivity index (χ0) is 13.5. The normalized spacial score (nSPS) is 8.33. The first-order valence-electron chi connectivity index (χ1n) is 7.50. The fraction of sp³-hybridized carbons (Fsp3) is 1.00. The van der Waals surface area contributed by atoms with E-state index in [1.165, 1.54) is 32.1 Å². The Morgan fingerprint density at radius 1 is 0.278 bits per heavy atom. The van der Waals surface area contributed by atoms with Gasteiger partial charge in [0.05, 0.1) is 0 Å². The minimum absolute atomic E-state index is 0. The van der Waals surface area contributed by atoms with Gasteiger partial charge in [0.1, 0.15) is 0 Å². The first kappa shape index (κ1) is 52.0. The smallest absolute Gasteiger partial charge is 0.0533 e. The van der Waals surface area contributed by atoms with Gasteiger partial charge >= 0.3 is 0 Å². The Bertz CT molecular complexity index is 11.6. The molecule has 0 amide bonds. The van der Waals surface area contributed by atoms with Gasteiger partial charge in [-0.15, -0.1) is 0 Å². The van der Waals surface area contributed by atoms with Crippen LogP contribution in [0.4, 0.5) is 0 Å². The van der Waals surface area contributed by atoms with E-state index in [9.17, 15) is 0 Å². The maximum atomic E-state index is 2.00. The Balaban J connectivity index is -0.0000000116.